The molecule has 3 rings (SSSR count). The van der Waals surface area contributed by atoms with Crippen LogP contribution in [0.25, 0.3) is 0 Å². The minimum atomic E-state index is -4.43. The Morgan fingerprint density at radius 2 is 2.14 bits per heavy atom. The summed E-state index contributed by atoms with van der Waals surface area (Å²) in [7, 11) is 0. The molecule has 2 saturated heterocycles. The minimum absolute atomic E-state index is 0.190. The van der Waals surface area contributed by atoms with E-state index in [4.69, 9.17) is 4.74 Å². The molecule has 0 bridgehead atoms. The number of ether oxygens (including phenoxy) is 1. The molecule has 0 aromatic heterocycles. The van der Waals surface area contributed by atoms with Crippen LogP contribution in [0.3, 0.4) is 0 Å². The van der Waals surface area contributed by atoms with E-state index in [2.05, 4.69) is 5.32 Å². The second-order valence-corrected chi connectivity index (χ2v) is 5.67. The Balaban J connectivity index is 1.89. The molecule has 22 heavy (non-hydrogen) atoms. The quantitative estimate of drug-likeness (QED) is 0.912. The Morgan fingerprint density at radius 1 is 1.32 bits per heavy atom. The first-order chi connectivity index (χ1) is 10.5. The number of nitrogens with one attached hydrogen (secondary N) is 1. The highest BCUT2D eigenvalue weighted by Crippen LogP contribution is 2.35. The number of carbonyl (C=O) groups is 1. The number of cyclic esters (lactones) is 1. The molecule has 0 saturated carbocycles. The van der Waals surface area contributed by atoms with E-state index in [0.717, 1.165) is 38.1 Å². The van der Waals surface area contributed by atoms with Gasteiger partial charge in [0.05, 0.1) is 11.6 Å². The van der Waals surface area contributed by atoms with Crippen molar-refractivity contribution in [3.05, 3.63) is 29.8 Å². The SMILES string of the molecule is O=C1OCC(C2CCCNC2)N1c1cccc(C(F)(F)F)c1. The van der Waals surface area contributed by atoms with Crippen LogP contribution in [0.4, 0.5) is 23.7 Å². The lowest BCUT2D eigenvalue weighted by atomic mass is 9.91. The Bertz CT molecular complexity index is 556. The highest BCUT2D eigenvalue weighted by molar-refractivity contribution is 5.90. The van der Waals surface area contributed by atoms with Gasteiger partial charge in [-0.1, -0.05) is 6.07 Å². The van der Waals surface area contributed by atoms with Crippen molar-refractivity contribution < 1.29 is 22.7 Å². The first-order valence-corrected chi connectivity index (χ1v) is 7.31. The number of rotatable bonds is 2. The number of halogens is 3. The average molecular weight is 314 g/mol. The van der Waals surface area contributed by atoms with Crippen LogP contribution >= 0.6 is 0 Å². The van der Waals surface area contributed by atoms with E-state index in [0.29, 0.717) is 0 Å². The van der Waals surface area contributed by atoms with Gasteiger partial charge in [-0.3, -0.25) is 4.90 Å². The van der Waals surface area contributed by atoms with Gasteiger partial charge in [-0.2, -0.15) is 13.2 Å². The third-order valence-electron chi connectivity index (χ3n) is 4.24. The third kappa shape index (κ3) is 2.90. The summed E-state index contributed by atoms with van der Waals surface area (Å²) in [6.07, 6.45) is -3.08. The number of amides is 1. The zero-order chi connectivity index (χ0) is 15.7. The molecule has 0 spiro atoms. The number of hydrogen-bond donors (Lipinski definition) is 1. The molecular formula is C15H17F3N2O2. The third-order valence-corrected chi connectivity index (χ3v) is 4.24. The van der Waals surface area contributed by atoms with E-state index >= 15 is 0 Å². The molecule has 0 radical (unpaired) electrons. The fourth-order valence-corrected chi connectivity index (χ4v) is 3.12. The highest BCUT2D eigenvalue weighted by Gasteiger charge is 2.40. The van der Waals surface area contributed by atoms with Crippen LogP contribution in [0.5, 0.6) is 0 Å². The van der Waals surface area contributed by atoms with Gasteiger partial charge >= 0.3 is 12.3 Å². The lowest BCUT2D eigenvalue weighted by molar-refractivity contribution is -0.137. The second kappa shape index (κ2) is 5.79. The average Bonchev–Trinajstić information content (AvgIpc) is 2.89. The molecule has 2 aliphatic heterocycles. The molecule has 4 nitrogen and oxygen atoms in total. The molecule has 2 atom stereocenters. The normalized spacial score (nSPS) is 26.1. The summed E-state index contributed by atoms with van der Waals surface area (Å²) in [6.45, 7) is 1.90. The van der Waals surface area contributed by atoms with Crippen molar-refractivity contribution in [1.29, 1.82) is 0 Å². The van der Waals surface area contributed by atoms with E-state index in [1.165, 1.54) is 17.0 Å². The van der Waals surface area contributed by atoms with Crippen molar-refractivity contribution in [1.82, 2.24) is 5.32 Å². The predicted molar refractivity (Wildman–Crippen MR) is 74.7 cm³/mol. The standard InChI is InChI=1S/C15H17F3N2O2/c16-15(17,18)11-4-1-5-12(7-11)20-13(9-22-14(20)21)10-3-2-6-19-8-10/h1,4-5,7,10,13,19H,2-3,6,8-9H2. The Hall–Kier alpha value is -1.76. The number of carbonyl (C=O) groups excluding carboxylic acids is 1. The van der Waals surface area contributed by atoms with Gasteiger partial charge in [-0.05, 0) is 43.5 Å². The van der Waals surface area contributed by atoms with E-state index in [9.17, 15) is 18.0 Å². The minimum Gasteiger partial charge on any atom is -0.447 e. The van der Waals surface area contributed by atoms with Gasteiger partial charge < -0.3 is 10.1 Å². The van der Waals surface area contributed by atoms with Crippen LogP contribution in [-0.4, -0.2) is 31.8 Å². The number of benzene rings is 1. The topological polar surface area (TPSA) is 41.6 Å². The number of nitrogens with zero attached hydrogens (tertiary/aromatic N) is 1. The molecule has 1 amide bonds. The second-order valence-electron chi connectivity index (χ2n) is 5.67. The monoisotopic (exact) mass is 314 g/mol. The lowest BCUT2D eigenvalue weighted by Crippen LogP contribution is -2.45. The number of anilines is 1. The molecule has 1 aromatic rings. The maximum atomic E-state index is 12.9. The largest absolute Gasteiger partial charge is 0.447 e. The van der Waals surface area contributed by atoms with E-state index in [-0.39, 0.29) is 24.3 Å². The molecule has 0 aliphatic carbocycles. The summed E-state index contributed by atoms with van der Waals surface area (Å²) in [4.78, 5) is 13.4. The Kier molecular flexibility index (Phi) is 3.99. The van der Waals surface area contributed by atoms with Crippen LogP contribution < -0.4 is 10.2 Å². The molecule has 1 N–H and O–H groups in total. The molecule has 2 unspecified atom stereocenters. The fraction of sp³-hybridized carbons (Fsp3) is 0.533. The van der Waals surface area contributed by atoms with Crippen molar-refractivity contribution in [2.75, 3.05) is 24.6 Å². The van der Waals surface area contributed by atoms with Crippen LogP contribution in [0.1, 0.15) is 18.4 Å². The lowest BCUT2D eigenvalue weighted by Gasteiger charge is -2.32. The summed E-state index contributed by atoms with van der Waals surface area (Å²) in [5.41, 5.74) is -0.516. The Morgan fingerprint density at radius 3 is 2.82 bits per heavy atom. The van der Waals surface area contributed by atoms with Crippen LogP contribution in [-0.2, 0) is 10.9 Å². The van der Waals surface area contributed by atoms with Crippen molar-refractivity contribution in [2.45, 2.75) is 25.1 Å². The maximum absolute atomic E-state index is 12.9. The summed E-state index contributed by atoms with van der Waals surface area (Å²) in [6, 6.07) is 4.63. The summed E-state index contributed by atoms with van der Waals surface area (Å²) in [5.74, 6) is 0.190. The predicted octanol–water partition coefficient (Wildman–Crippen LogP) is 3.03. The van der Waals surface area contributed by atoms with Gasteiger partial charge in [-0.15, -0.1) is 0 Å². The van der Waals surface area contributed by atoms with Crippen molar-refractivity contribution in [2.24, 2.45) is 5.92 Å². The van der Waals surface area contributed by atoms with Crippen LogP contribution in [0.15, 0.2) is 24.3 Å². The van der Waals surface area contributed by atoms with Gasteiger partial charge in [-0.25, -0.2) is 4.79 Å². The van der Waals surface area contributed by atoms with E-state index in [1.54, 1.807) is 0 Å². The molecule has 7 heteroatoms. The zero-order valence-corrected chi connectivity index (χ0v) is 11.9. The van der Waals surface area contributed by atoms with Gasteiger partial charge in [0.25, 0.3) is 0 Å². The highest BCUT2D eigenvalue weighted by atomic mass is 19.4. The zero-order valence-electron chi connectivity index (χ0n) is 11.9. The van der Waals surface area contributed by atoms with Gasteiger partial charge in [0.1, 0.15) is 6.61 Å². The van der Waals surface area contributed by atoms with Crippen molar-refractivity contribution >= 4 is 11.8 Å². The molecule has 2 fully saturated rings. The summed E-state index contributed by atoms with van der Waals surface area (Å²) < 4.78 is 43.7. The maximum Gasteiger partial charge on any atom is 0.416 e. The molecule has 2 aliphatic rings. The van der Waals surface area contributed by atoms with Gasteiger partial charge in [0.15, 0.2) is 0 Å². The van der Waals surface area contributed by atoms with Crippen molar-refractivity contribution in [3.8, 4) is 0 Å². The molecule has 1 aromatic carbocycles. The van der Waals surface area contributed by atoms with Crippen molar-refractivity contribution in [3.63, 3.8) is 0 Å². The summed E-state index contributed by atoms with van der Waals surface area (Å²) >= 11 is 0. The molecule has 120 valence electrons. The number of piperidine rings is 1. The fourth-order valence-electron chi connectivity index (χ4n) is 3.12. The summed E-state index contributed by atoms with van der Waals surface area (Å²) in [5, 5.41) is 3.26. The molecular weight excluding hydrogens is 297 g/mol. The first-order valence-electron chi connectivity index (χ1n) is 7.31. The first kappa shape index (κ1) is 15.1. The van der Waals surface area contributed by atoms with E-state index in [1.807, 2.05) is 0 Å². The molecule has 2 heterocycles. The van der Waals surface area contributed by atoms with Crippen LogP contribution in [0.2, 0.25) is 0 Å². The van der Waals surface area contributed by atoms with E-state index < -0.39 is 17.8 Å². The van der Waals surface area contributed by atoms with Gasteiger partial charge in [0, 0.05) is 12.2 Å². The smallest absolute Gasteiger partial charge is 0.416 e. The number of alkyl halides is 3. The van der Waals surface area contributed by atoms with Crippen LogP contribution in [0, 0.1) is 5.92 Å². The number of hydrogen-bond acceptors (Lipinski definition) is 3. The Labute approximate surface area is 126 Å². The van der Waals surface area contributed by atoms with Gasteiger partial charge in [0.2, 0.25) is 0 Å².